The van der Waals surface area contributed by atoms with Crippen molar-refractivity contribution in [1.29, 1.82) is 0 Å². The van der Waals surface area contributed by atoms with E-state index in [9.17, 15) is 4.79 Å². The molecule has 0 saturated carbocycles. The molecule has 112 valence electrons. The largest absolute Gasteiger partial charge is 0.497 e. The van der Waals surface area contributed by atoms with Crippen LogP contribution in [0.2, 0.25) is 0 Å². The van der Waals surface area contributed by atoms with Gasteiger partial charge in [0.25, 0.3) is 0 Å². The molecule has 4 heteroatoms. The molecule has 0 heterocycles. The number of nitrogens with one attached hydrogen (secondary N) is 2. The summed E-state index contributed by atoms with van der Waals surface area (Å²) >= 11 is 0. The van der Waals surface area contributed by atoms with Gasteiger partial charge in [-0.15, -0.1) is 0 Å². The van der Waals surface area contributed by atoms with Crippen LogP contribution in [0, 0.1) is 0 Å². The second kappa shape index (κ2) is 8.59. The van der Waals surface area contributed by atoms with E-state index in [2.05, 4.69) is 24.5 Å². The quantitative estimate of drug-likeness (QED) is 0.768. The molecule has 1 atom stereocenters. The van der Waals surface area contributed by atoms with Crippen molar-refractivity contribution in [2.24, 2.45) is 0 Å². The second-order valence-electron chi connectivity index (χ2n) is 4.97. The Bertz CT molecular complexity index is 399. The van der Waals surface area contributed by atoms with Gasteiger partial charge in [-0.05, 0) is 37.5 Å². The number of carbonyl (C=O) groups excluding carboxylic acids is 1. The highest BCUT2D eigenvalue weighted by Gasteiger charge is 2.15. The van der Waals surface area contributed by atoms with Crippen LogP contribution in [0.1, 0.15) is 39.2 Å². The Balaban J connectivity index is 2.41. The Morgan fingerprint density at radius 1 is 1.20 bits per heavy atom. The number of rotatable bonds is 8. The highest BCUT2D eigenvalue weighted by molar-refractivity contribution is 5.81. The van der Waals surface area contributed by atoms with Crippen molar-refractivity contribution < 1.29 is 9.53 Å². The Morgan fingerprint density at radius 2 is 1.80 bits per heavy atom. The fourth-order valence-electron chi connectivity index (χ4n) is 1.93. The van der Waals surface area contributed by atoms with E-state index in [0.29, 0.717) is 6.54 Å². The summed E-state index contributed by atoms with van der Waals surface area (Å²) in [7, 11) is 1.65. The molecule has 1 amide bonds. The maximum atomic E-state index is 12.0. The van der Waals surface area contributed by atoms with E-state index in [0.717, 1.165) is 24.2 Å². The lowest BCUT2D eigenvalue weighted by atomic mass is 10.1. The van der Waals surface area contributed by atoms with E-state index in [-0.39, 0.29) is 18.0 Å². The van der Waals surface area contributed by atoms with Gasteiger partial charge in [0.1, 0.15) is 5.75 Å². The Labute approximate surface area is 121 Å². The molecule has 0 aliphatic heterocycles. The molecule has 0 radical (unpaired) electrons. The number of methoxy groups -OCH3 is 1. The second-order valence-corrected chi connectivity index (χ2v) is 4.97. The van der Waals surface area contributed by atoms with E-state index in [1.807, 2.05) is 31.2 Å². The third-order valence-corrected chi connectivity index (χ3v) is 3.50. The van der Waals surface area contributed by atoms with Gasteiger partial charge in [0.15, 0.2) is 0 Å². The summed E-state index contributed by atoms with van der Waals surface area (Å²) in [5.41, 5.74) is 1.13. The van der Waals surface area contributed by atoms with Crippen LogP contribution in [0.3, 0.4) is 0 Å². The van der Waals surface area contributed by atoms with Crippen LogP contribution in [0.25, 0.3) is 0 Å². The molecule has 0 fully saturated rings. The highest BCUT2D eigenvalue weighted by Crippen LogP contribution is 2.11. The number of carbonyl (C=O) groups is 1. The molecule has 0 saturated heterocycles. The predicted molar refractivity (Wildman–Crippen MR) is 81.8 cm³/mol. The molecule has 1 aromatic rings. The standard InChI is InChI=1S/C16H26N2O2/c1-5-14(6-2)18-16(19)12(3)17-11-13-7-9-15(20-4)10-8-13/h7-10,12,14,17H,5-6,11H2,1-4H3,(H,18,19). The van der Waals surface area contributed by atoms with E-state index >= 15 is 0 Å². The first-order valence-electron chi connectivity index (χ1n) is 7.27. The molecule has 0 bridgehead atoms. The topological polar surface area (TPSA) is 50.4 Å². The zero-order valence-corrected chi connectivity index (χ0v) is 12.9. The van der Waals surface area contributed by atoms with Gasteiger partial charge in [-0.3, -0.25) is 4.79 Å². The van der Waals surface area contributed by atoms with E-state index < -0.39 is 0 Å². The maximum Gasteiger partial charge on any atom is 0.237 e. The van der Waals surface area contributed by atoms with Gasteiger partial charge in [0.2, 0.25) is 5.91 Å². The van der Waals surface area contributed by atoms with Crippen LogP contribution in [0.4, 0.5) is 0 Å². The number of hydrogen-bond donors (Lipinski definition) is 2. The van der Waals surface area contributed by atoms with Crippen molar-refractivity contribution in [2.45, 2.75) is 52.2 Å². The van der Waals surface area contributed by atoms with Gasteiger partial charge in [0, 0.05) is 12.6 Å². The monoisotopic (exact) mass is 278 g/mol. The lowest BCUT2D eigenvalue weighted by Crippen LogP contribution is -2.45. The lowest BCUT2D eigenvalue weighted by Gasteiger charge is -2.19. The van der Waals surface area contributed by atoms with Gasteiger partial charge in [-0.25, -0.2) is 0 Å². The molecular formula is C16H26N2O2. The van der Waals surface area contributed by atoms with Crippen molar-refractivity contribution in [3.63, 3.8) is 0 Å². The van der Waals surface area contributed by atoms with Crippen molar-refractivity contribution in [3.8, 4) is 5.75 Å². The third kappa shape index (κ3) is 5.21. The fourth-order valence-corrected chi connectivity index (χ4v) is 1.93. The summed E-state index contributed by atoms with van der Waals surface area (Å²) in [4.78, 5) is 12.0. The van der Waals surface area contributed by atoms with Crippen LogP contribution in [0.15, 0.2) is 24.3 Å². The molecule has 1 aromatic carbocycles. The number of hydrogen-bond acceptors (Lipinski definition) is 3. The molecule has 0 aromatic heterocycles. The maximum absolute atomic E-state index is 12.0. The van der Waals surface area contributed by atoms with E-state index in [4.69, 9.17) is 4.74 Å². The van der Waals surface area contributed by atoms with Crippen LogP contribution in [0.5, 0.6) is 5.75 Å². The van der Waals surface area contributed by atoms with Crippen LogP contribution in [-0.4, -0.2) is 25.1 Å². The molecule has 2 N–H and O–H groups in total. The SMILES string of the molecule is CCC(CC)NC(=O)C(C)NCc1ccc(OC)cc1. The Kier molecular flexibility index (Phi) is 7.09. The Hall–Kier alpha value is -1.55. The fraction of sp³-hybridized carbons (Fsp3) is 0.562. The predicted octanol–water partition coefficient (Wildman–Crippen LogP) is 2.48. The molecule has 1 rings (SSSR count). The normalized spacial score (nSPS) is 12.2. The van der Waals surface area contributed by atoms with Crippen molar-refractivity contribution in [1.82, 2.24) is 10.6 Å². The van der Waals surface area contributed by atoms with E-state index in [1.165, 1.54) is 0 Å². The van der Waals surface area contributed by atoms with Crippen molar-refractivity contribution >= 4 is 5.91 Å². The molecule has 0 spiro atoms. The molecule has 4 nitrogen and oxygen atoms in total. The minimum atomic E-state index is -0.197. The average molecular weight is 278 g/mol. The van der Waals surface area contributed by atoms with Gasteiger partial charge < -0.3 is 15.4 Å². The summed E-state index contributed by atoms with van der Waals surface area (Å²) in [6, 6.07) is 7.91. The van der Waals surface area contributed by atoms with Gasteiger partial charge in [0.05, 0.1) is 13.2 Å². The number of ether oxygens (including phenoxy) is 1. The first-order valence-corrected chi connectivity index (χ1v) is 7.27. The molecule has 0 aliphatic carbocycles. The van der Waals surface area contributed by atoms with Crippen LogP contribution < -0.4 is 15.4 Å². The highest BCUT2D eigenvalue weighted by atomic mass is 16.5. The van der Waals surface area contributed by atoms with Gasteiger partial charge in [-0.2, -0.15) is 0 Å². The molecular weight excluding hydrogens is 252 g/mol. The van der Waals surface area contributed by atoms with Crippen LogP contribution in [-0.2, 0) is 11.3 Å². The first-order chi connectivity index (χ1) is 9.60. The van der Waals surface area contributed by atoms with Crippen LogP contribution >= 0.6 is 0 Å². The number of benzene rings is 1. The van der Waals surface area contributed by atoms with E-state index in [1.54, 1.807) is 7.11 Å². The first kappa shape index (κ1) is 16.5. The number of amides is 1. The minimum Gasteiger partial charge on any atom is -0.497 e. The zero-order valence-electron chi connectivity index (χ0n) is 12.9. The summed E-state index contributed by atoms with van der Waals surface area (Å²) in [6.45, 7) is 6.73. The van der Waals surface area contributed by atoms with Crippen molar-refractivity contribution in [3.05, 3.63) is 29.8 Å². The van der Waals surface area contributed by atoms with Crippen molar-refractivity contribution in [2.75, 3.05) is 7.11 Å². The summed E-state index contributed by atoms with van der Waals surface area (Å²) in [6.07, 6.45) is 1.93. The average Bonchev–Trinajstić information content (AvgIpc) is 2.50. The minimum absolute atomic E-state index is 0.0622. The third-order valence-electron chi connectivity index (χ3n) is 3.50. The molecule has 20 heavy (non-hydrogen) atoms. The van der Waals surface area contributed by atoms with Gasteiger partial charge >= 0.3 is 0 Å². The summed E-state index contributed by atoms with van der Waals surface area (Å²) < 4.78 is 5.12. The zero-order chi connectivity index (χ0) is 15.0. The lowest BCUT2D eigenvalue weighted by molar-refractivity contribution is -0.123. The summed E-state index contributed by atoms with van der Waals surface area (Å²) in [5, 5.41) is 6.29. The molecule has 1 unspecified atom stereocenters. The summed E-state index contributed by atoms with van der Waals surface area (Å²) in [5.74, 6) is 0.903. The molecule has 0 aliphatic rings. The van der Waals surface area contributed by atoms with Gasteiger partial charge in [-0.1, -0.05) is 26.0 Å². The Morgan fingerprint density at radius 3 is 2.30 bits per heavy atom. The smallest absolute Gasteiger partial charge is 0.237 e.